The van der Waals surface area contributed by atoms with E-state index in [2.05, 4.69) is 30.3 Å². The van der Waals surface area contributed by atoms with E-state index in [1.807, 2.05) is 29.2 Å². The van der Waals surface area contributed by atoms with Crippen LogP contribution < -0.4 is 26.8 Å². The Labute approximate surface area is 224 Å². The molecule has 0 bridgehead atoms. The predicted octanol–water partition coefficient (Wildman–Crippen LogP) is 2.20. The van der Waals surface area contributed by atoms with Crippen LogP contribution in [0.25, 0.3) is 0 Å². The van der Waals surface area contributed by atoms with Crippen molar-refractivity contribution in [3.8, 4) is 0 Å². The number of rotatable bonds is 5. The van der Waals surface area contributed by atoms with Crippen molar-refractivity contribution in [1.29, 1.82) is 0 Å². The zero-order valence-electron chi connectivity index (χ0n) is 20.3. The van der Waals surface area contributed by atoms with Crippen LogP contribution >= 0.6 is 23.5 Å². The van der Waals surface area contributed by atoms with Gasteiger partial charge in [0.05, 0.1) is 12.1 Å². The second kappa shape index (κ2) is 10.7. The number of likely N-dealkylation sites (tertiary alicyclic amines) is 1. The average molecular weight is 544 g/mol. The number of aromatic nitrogens is 2. The summed E-state index contributed by atoms with van der Waals surface area (Å²) < 4.78 is 3.53. The molecule has 1 saturated heterocycles. The number of piperidine rings is 1. The van der Waals surface area contributed by atoms with E-state index in [9.17, 15) is 9.59 Å². The van der Waals surface area contributed by atoms with Crippen LogP contribution in [0, 0.1) is 0 Å². The maximum atomic E-state index is 13.2. The monoisotopic (exact) mass is 543 g/mol. The first-order chi connectivity index (χ1) is 17.8. The highest BCUT2D eigenvalue weighted by Crippen LogP contribution is 2.28. The highest BCUT2D eigenvalue weighted by molar-refractivity contribution is 7.97. The van der Waals surface area contributed by atoms with Crippen LogP contribution in [-0.2, 0) is 0 Å². The summed E-state index contributed by atoms with van der Waals surface area (Å²) >= 11 is 7.49. The molecule has 1 saturated carbocycles. The van der Waals surface area contributed by atoms with Crippen LogP contribution in [0.15, 0.2) is 34.2 Å². The topological polar surface area (TPSA) is 164 Å². The van der Waals surface area contributed by atoms with E-state index in [1.54, 1.807) is 11.9 Å². The molecule has 0 radical (unpaired) electrons. The number of nitrogen functional groups attached to an aromatic ring is 2. The number of nitrogens with two attached hydrogens (primary N) is 2. The van der Waals surface area contributed by atoms with Gasteiger partial charge in [0.15, 0.2) is 28.4 Å². The number of aliphatic imine (C=N–C) groups is 1. The van der Waals surface area contributed by atoms with Crippen LogP contribution in [-0.4, -0.2) is 63.9 Å². The molecule has 13 heteroatoms. The summed E-state index contributed by atoms with van der Waals surface area (Å²) in [6.45, 7) is 1.67. The number of halogens is 1. The van der Waals surface area contributed by atoms with Gasteiger partial charge >= 0.3 is 0 Å². The first-order valence-corrected chi connectivity index (χ1v) is 13.6. The lowest BCUT2D eigenvalue weighted by Gasteiger charge is -2.39. The Kier molecular flexibility index (Phi) is 7.40. The molecule has 0 unspecified atom stereocenters. The minimum absolute atomic E-state index is 0.0277. The smallest absolute Gasteiger partial charge is 0.280 e. The molecule has 7 N–H and O–H groups in total. The fourth-order valence-electron chi connectivity index (χ4n) is 4.90. The summed E-state index contributed by atoms with van der Waals surface area (Å²) in [7, 11) is 0. The van der Waals surface area contributed by atoms with Crippen molar-refractivity contribution in [2.45, 2.75) is 55.0 Å². The molecule has 1 spiro atoms. The number of nitrogens with zero attached hydrogens (tertiary/aromatic N) is 4. The molecule has 11 nitrogen and oxygen atoms in total. The molecule has 2 aliphatic heterocycles. The number of hydrogen-bond donors (Lipinski definition) is 5. The highest BCUT2D eigenvalue weighted by Gasteiger charge is 2.40. The summed E-state index contributed by atoms with van der Waals surface area (Å²) in [5.41, 5.74) is 11.6. The van der Waals surface area contributed by atoms with Crippen LogP contribution in [0.3, 0.4) is 0 Å². The van der Waals surface area contributed by atoms with E-state index in [-0.39, 0.29) is 33.9 Å². The van der Waals surface area contributed by atoms with Gasteiger partial charge in [-0.3, -0.25) is 24.6 Å². The fourth-order valence-corrected chi connectivity index (χ4v) is 5.90. The Morgan fingerprint density at radius 3 is 2.65 bits per heavy atom. The first kappa shape index (κ1) is 25.6. The van der Waals surface area contributed by atoms with E-state index < -0.39 is 5.91 Å². The molecule has 0 atom stereocenters. The average Bonchev–Trinajstić information content (AvgIpc) is 3.55. The van der Waals surface area contributed by atoms with Crippen LogP contribution in [0.5, 0.6) is 0 Å². The van der Waals surface area contributed by atoms with E-state index >= 15 is 0 Å². The number of hydrogen-bond acceptors (Lipinski definition) is 10. The van der Waals surface area contributed by atoms with E-state index in [1.165, 1.54) is 25.7 Å². The van der Waals surface area contributed by atoms with Gasteiger partial charge in [-0.1, -0.05) is 30.5 Å². The van der Waals surface area contributed by atoms with E-state index in [0.29, 0.717) is 50.0 Å². The summed E-state index contributed by atoms with van der Waals surface area (Å²) in [6, 6.07) is 8.34. The van der Waals surface area contributed by atoms with Gasteiger partial charge < -0.3 is 21.7 Å². The summed E-state index contributed by atoms with van der Waals surface area (Å²) in [5, 5.41) is 5.91. The van der Waals surface area contributed by atoms with Crippen molar-refractivity contribution >= 4 is 53.0 Å². The van der Waals surface area contributed by atoms with Gasteiger partial charge in [-0.25, -0.2) is 9.97 Å². The Bertz CT molecular complexity index is 1230. The standard InChI is InChI=1S/C24H30ClN9O2S/c25-18-20(27)30-19(26)17(29-18)21(35)31-23-28-13-24(32-23)8-10-34(11-9-24)22(36)14-4-3-7-16(12-14)37-33-15-5-1-2-6-15/h3-4,7,12,15,33H,1-2,5-6,8-11,13H2,(H4,26,27,30)(H2,28,31,32,35). The molecule has 3 aliphatic rings. The summed E-state index contributed by atoms with van der Waals surface area (Å²) in [6.07, 6.45) is 6.39. The molecule has 5 rings (SSSR count). The predicted molar refractivity (Wildman–Crippen MR) is 144 cm³/mol. The zero-order valence-corrected chi connectivity index (χ0v) is 21.9. The molecular formula is C24H30ClN9O2S. The molecule has 37 heavy (non-hydrogen) atoms. The largest absolute Gasteiger partial charge is 0.382 e. The third kappa shape index (κ3) is 5.76. The van der Waals surface area contributed by atoms with Crippen LogP contribution in [0.4, 0.5) is 11.6 Å². The number of amides is 2. The first-order valence-electron chi connectivity index (χ1n) is 12.4. The lowest BCUT2D eigenvalue weighted by atomic mass is 9.88. The molecule has 2 fully saturated rings. The number of anilines is 2. The van der Waals surface area contributed by atoms with Crippen LogP contribution in [0.1, 0.15) is 59.4 Å². The van der Waals surface area contributed by atoms with Gasteiger partial charge in [0, 0.05) is 29.6 Å². The molecule has 1 aromatic carbocycles. The van der Waals surface area contributed by atoms with E-state index in [0.717, 1.165) is 4.90 Å². The van der Waals surface area contributed by atoms with E-state index in [4.69, 9.17) is 23.1 Å². The molecule has 3 heterocycles. The van der Waals surface area contributed by atoms with Gasteiger partial charge in [-0.2, -0.15) is 0 Å². The van der Waals surface area contributed by atoms with Crippen molar-refractivity contribution in [2.24, 2.45) is 4.99 Å². The summed E-state index contributed by atoms with van der Waals surface area (Å²) in [4.78, 5) is 41.0. The number of guanidine groups is 1. The van der Waals surface area contributed by atoms with Gasteiger partial charge in [0.1, 0.15) is 0 Å². The quantitative estimate of drug-likeness (QED) is 0.355. The summed E-state index contributed by atoms with van der Waals surface area (Å²) in [5.74, 6) is -0.379. The Hall–Kier alpha value is -3.09. The third-order valence-corrected chi connectivity index (χ3v) is 8.28. The van der Waals surface area contributed by atoms with Crippen molar-refractivity contribution in [1.82, 2.24) is 30.2 Å². The molecule has 196 valence electrons. The van der Waals surface area contributed by atoms with Gasteiger partial charge in [-0.05, 0) is 55.8 Å². The number of carbonyl (C=O) groups excluding carboxylic acids is 2. The number of nitrogens with one attached hydrogen (secondary N) is 3. The molecule has 2 amide bonds. The molecule has 2 aromatic rings. The Morgan fingerprint density at radius 1 is 1.14 bits per heavy atom. The lowest BCUT2D eigenvalue weighted by molar-refractivity contribution is 0.0668. The highest BCUT2D eigenvalue weighted by atomic mass is 35.5. The van der Waals surface area contributed by atoms with Gasteiger partial charge in [-0.15, -0.1) is 0 Å². The fraction of sp³-hybridized carbons (Fsp3) is 0.458. The van der Waals surface area contributed by atoms with Crippen molar-refractivity contribution < 1.29 is 9.59 Å². The second-order valence-electron chi connectivity index (χ2n) is 9.68. The molecule has 1 aliphatic carbocycles. The SMILES string of the molecule is Nc1nc(N)c(C(=O)NC2=NCC3(CCN(C(=O)c4cccc(SNC5CCCC5)c4)CC3)N2)nc1Cl. The molecule has 1 aromatic heterocycles. The Balaban J connectivity index is 1.13. The Morgan fingerprint density at radius 2 is 1.89 bits per heavy atom. The van der Waals surface area contributed by atoms with Crippen LogP contribution in [0.2, 0.25) is 5.15 Å². The number of benzene rings is 1. The maximum absolute atomic E-state index is 13.2. The normalized spacial score (nSPS) is 19.1. The lowest BCUT2D eigenvalue weighted by Crippen LogP contribution is -2.57. The van der Waals surface area contributed by atoms with Gasteiger partial charge in [0.25, 0.3) is 11.8 Å². The molecular weight excluding hydrogens is 514 g/mol. The second-order valence-corrected chi connectivity index (χ2v) is 10.9. The number of carbonyl (C=O) groups is 2. The third-order valence-electron chi connectivity index (χ3n) is 7.06. The van der Waals surface area contributed by atoms with Crippen molar-refractivity contribution in [3.05, 3.63) is 40.7 Å². The zero-order chi connectivity index (χ0) is 26.0. The van der Waals surface area contributed by atoms with Gasteiger partial charge in [0.2, 0.25) is 0 Å². The minimum Gasteiger partial charge on any atom is -0.382 e. The van der Waals surface area contributed by atoms with Crippen molar-refractivity contribution in [3.63, 3.8) is 0 Å². The minimum atomic E-state index is -0.581. The maximum Gasteiger partial charge on any atom is 0.280 e. The van der Waals surface area contributed by atoms with Crippen molar-refractivity contribution in [2.75, 3.05) is 31.1 Å².